The number of rotatable bonds is 3. The third kappa shape index (κ3) is 3.13. The van der Waals surface area contributed by atoms with Crippen molar-refractivity contribution in [3.05, 3.63) is 138 Å². The average molecular weight is 525 g/mol. The van der Waals surface area contributed by atoms with Crippen molar-refractivity contribution in [1.29, 1.82) is 0 Å². The Morgan fingerprint density at radius 2 is 1.29 bits per heavy atom. The molecule has 0 fully saturated rings. The van der Waals surface area contributed by atoms with Gasteiger partial charge in [-0.05, 0) is 78.1 Å². The first-order chi connectivity index (χ1) is 20.3. The standard InChI is InChI=1S/C39H28N2/c1-2-25-10-8-17-36-32(22-25)34-24-27(18-20-37(34)40(36)28-11-4-3-5-12-28)26-19-21-38-33(23-26)31-15-9-14-30-29-13-6-7-16-35(29)41(38)39(30)31/h3-21,23-24H,2,22H2,1H3. The molecular weight excluding hydrogens is 496 g/mol. The highest BCUT2D eigenvalue weighted by atomic mass is 15.0. The topological polar surface area (TPSA) is 9.34 Å². The lowest BCUT2D eigenvalue weighted by Crippen LogP contribution is -1.97. The quantitative estimate of drug-likeness (QED) is 0.217. The van der Waals surface area contributed by atoms with Gasteiger partial charge in [-0.2, -0.15) is 0 Å². The molecule has 41 heavy (non-hydrogen) atoms. The largest absolute Gasteiger partial charge is 0.310 e. The van der Waals surface area contributed by atoms with Gasteiger partial charge < -0.3 is 8.97 Å². The number of fused-ring (bicyclic) bond motifs is 9. The van der Waals surface area contributed by atoms with E-state index in [1.165, 1.54) is 82.6 Å². The van der Waals surface area contributed by atoms with E-state index in [0.29, 0.717) is 0 Å². The van der Waals surface area contributed by atoms with E-state index in [0.717, 1.165) is 12.8 Å². The molecule has 0 saturated heterocycles. The first kappa shape index (κ1) is 22.7. The highest BCUT2D eigenvalue weighted by Crippen LogP contribution is 2.41. The zero-order valence-corrected chi connectivity index (χ0v) is 22.9. The lowest BCUT2D eigenvalue weighted by atomic mass is 9.97. The van der Waals surface area contributed by atoms with Crippen molar-refractivity contribution in [2.45, 2.75) is 19.8 Å². The van der Waals surface area contributed by atoms with Gasteiger partial charge in [-0.3, -0.25) is 0 Å². The lowest BCUT2D eigenvalue weighted by molar-refractivity contribution is 1.00. The zero-order valence-electron chi connectivity index (χ0n) is 22.9. The number of allylic oxidation sites excluding steroid dienone is 3. The maximum Gasteiger partial charge on any atom is 0.0620 e. The Balaban J connectivity index is 1.29. The number of hydrogen-bond acceptors (Lipinski definition) is 0. The van der Waals surface area contributed by atoms with Crippen molar-refractivity contribution in [2.24, 2.45) is 0 Å². The Morgan fingerprint density at radius 3 is 2.12 bits per heavy atom. The van der Waals surface area contributed by atoms with Crippen LogP contribution in [0.2, 0.25) is 0 Å². The highest BCUT2D eigenvalue weighted by molar-refractivity contribution is 6.23. The van der Waals surface area contributed by atoms with Gasteiger partial charge in [0.05, 0.1) is 27.8 Å². The maximum absolute atomic E-state index is 2.45. The van der Waals surface area contributed by atoms with Crippen LogP contribution in [0.3, 0.4) is 0 Å². The Hall–Kier alpha value is -5.08. The van der Waals surface area contributed by atoms with Gasteiger partial charge >= 0.3 is 0 Å². The average Bonchev–Trinajstić information content (AvgIpc) is 3.59. The Kier molecular flexibility index (Phi) is 4.68. The molecule has 9 rings (SSSR count). The third-order valence-electron chi connectivity index (χ3n) is 9.13. The van der Waals surface area contributed by atoms with Gasteiger partial charge in [0.2, 0.25) is 0 Å². The maximum atomic E-state index is 2.45. The van der Waals surface area contributed by atoms with E-state index in [1.54, 1.807) is 0 Å². The van der Waals surface area contributed by atoms with Crippen LogP contribution in [-0.2, 0) is 6.42 Å². The SMILES string of the molecule is CCC1=CC=Cc2c(c3cc(-c4ccc5c(c4)c4cccc6c7ccccc7n5c64)ccc3n2-c2ccccc2)C1. The minimum Gasteiger partial charge on any atom is -0.310 e. The second kappa shape index (κ2) is 8.46. The normalized spacial score (nSPS) is 13.5. The summed E-state index contributed by atoms with van der Waals surface area (Å²) >= 11 is 0. The molecule has 2 heteroatoms. The van der Waals surface area contributed by atoms with Crippen molar-refractivity contribution in [2.75, 3.05) is 0 Å². The highest BCUT2D eigenvalue weighted by Gasteiger charge is 2.21. The van der Waals surface area contributed by atoms with Crippen molar-refractivity contribution in [1.82, 2.24) is 8.97 Å². The van der Waals surface area contributed by atoms with Crippen molar-refractivity contribution >= 4 is 55.1 Å². The fourth-order valence-corrected chi connectivity index (χ4v) is 7.19. The van der Waals surface area contributed by atoms with Gasteiger partial charge in [-0.15, -0.1) is 0 Å². The first-order valence-electron chi connectivity index (χ1n) is 14.6. The molecule has 0 aliphatic heterocycles. The van der Waals surface area contributed by atoms with E-state index in [4.69, 9.17) is 0 Å². The van der Waals surface area contributed by atoms with Crippen LogP contribution in [0.5, 0.6) is 0 Å². The zero-order chi connectivity index (χ0) is 27.1. The summed E-state index contributed by atoms with van der Waals surface area (Å²) < 4.78 is 4.88. The number of hydrogen-bond donors (Lipinski definition) is 0. The van der Waals surface area contributed by atoms with Crippen LogP contribution in [0.15, 0.2) is 127 Å². The smallest absolute Gasteiger partial charge is 0.0620 e. The summed E-state index contributed by atoms with van der Waals surface area (Å²) in [6, 6.07) is 40.3. The Morgan fingerprint density at radius 1 is 0.610 bits per heavy atom. The molecular formula is C39H28N2. The molecule has 0 amide bonds. The van der Waals surface area contributed by atoms with Crippen LogP contribution < -0.4 is 0 Å². The van der Waals surface area contributed by atoms with Crippen LogP contribution in [0, 0.1) is 0 Å². The first-order valence-corrected chi connectivity index (χ1v) is 14.6. The van der Waals surface area contributed by atoms with Crippen LogP contribution in [-0.4, -0.2) is 8.97 Å². The molecule has 3 heterocycles. The molecule has 0 unspecified atom stereocenters. The Labute approximate surface area is 238 Å². The molecule has 194 valence electrons. The number of benzene rings is 5. The van der Waals surface area contributed by atoms with Crippen molar-refractivity contribution in [3.63, 3.8) is 0 Å². The molecule has 1 aliphatic rings. The van der Waals surface area contributed by atoms with E-state index in [1.807, 2.05) is 0 Å². The van der Waals surface area contributed by atoms with Crippen molar-refractivity contribution < 1.29 is 0 Å². The Bertz CT molecular complexity index is 2360. The van der Waals surface area contributed by atoms with E-state index in [9.17, 15) is 0 Å². The predicted octanol–water partition coefficient (Wildman–Crippen LogP) is 10.4. The van der Waals surface area contributed by atoms with Crippen LogP contribution in [0.25, 0.3) is 71.9 Å². The van der Waals surface area contributed by atoms with E-state index >= 15 is 0 Å². The summed E-state index contributed by atoms with van der Waals surface area (Å²) in [4.78, 5) is 0. The molecule has 1 aliphatic carbocycles. The van der Waals surface area contributed by atoms with Gasteiger partial charge in [-0.1, -0.05) is 91.4 Å². The molecule has 0 spiro atoms. The molecule has 0 atom stereocenters. The fourth-order valence-electron chi connectivity index (χ4n) is 7.19. The van der Waals surface area contributed by atoms with Crippen LogP contribution in [0.4, 0.5) is 0 Å². The molecule has 5 aromatic carbocycles. The van der Waals surface area contributed by atoms with Gasteiger partial charge in [-0.25, -0.2) is 0 Å². The minimum atomic E-state index is 0.979. The fraction of sp³-hybridized carbons (Fsp3) is 0.0769. The molecule has 0 radical (unpaired) electrons. The van der Waals surface area contributed by atoms with Gasteiger partial charge in [0, 0.05) is 32.6 Å². The molecule has 2 nitrogen and oxygen atoms in total. The monoisotopic (exact) mass is 524 g/mol. The minimum absolute atomic E-state index is 0.979. The third-order valence-corrected chi connectivity index (χ3v) is 9.13. The molecule has 3 aromatic heterocycles. The molecule has 0 N–H and O–H groups in total. The summed E-state index contributed by atoms with van der Waals surface area (Å²) in [7, 11) is 0. The summed E-state index contributed by atoms with van der Waals surface area (Å²) in [6.07, 6.45) is 8.86. The van der Waals surface area contributed by atoms with Crippen LogP contribution >= 0.6 is 0 Å². The summed E-state index contributed by atoms with van der Waals surface area (Å²) in [5.41, 5.74) is 13.0. The summed E-state index contributed by atoms with van der Waals surface area (Å²) in [6.45, 7) is 2.26. The summed E-state index contributed by atoms with van der Waals surface area (Å²) in [5.74, 6) is 0. The van der Waals surface area contributed by atoms with Crippen LogP contribution in [0.1, 0.15) is 24.6 Å². The van der Waals surface area contributed by atoms with E-state index in [-0.39, 0.29) is 0 Å². The van der Waals surface area contributed by atoms with Gasteiger partial charge in [0.25, 0.3) is 0 Å². The molecule has 0 saturated carbocycles. The van der Waals surface area contributed by atoms with Crippen molar-refractivity contribution in [3.8, 4) is 16.8 Å². The second-order valence-electron chi connectivity index (χ2n) is 11.3. The predicted molar refractivity (Wildman–Crippen MR) is 174 cm³/mol. The van der Waals surface area contributed by atoms with E-state index < -0.39 is 0 Å². The summed E-state index contributed by atoms with van der Waals surface area (Å²) in [5, 5.41) is 6.63. The lowest BCUT2D eigenvalue weighted by Gasteiger charge is -2.09. The van der Waals surface area contributed by atoms with Gasteiger partial charge in [0.1, 0.15) is 0 Å². The number of para-hydroxylation sites is 3. The van der Waals surface area contributed by atoms with Gasteiger partial charge in [0.15, 0.2) is 0 Å². The molecule has 8 aromatic rings. The second-order valence-corrected chi connectivity index (χ2v) is 11.3. The van der Waals surface area contributed by atoms with E-state index in [2.05, 4.69) is 143 Å². The molecule has 0 bridgehead atoms. The number of aromatic nitrogens is 2. The number of nitrogens with zero attached hydrogens (tertiary/aromatic N) is 2.